The molecule has 0 aliphatic heterocycles. The zero-order valence-corrected chi connectivity index (χ0v) is 16.9. The molecule has 152 valence electrons. The quantitative estimate of drug-likeness (QED) is 0.592. The van der Waals surface area contributed by atoms with Crippen molar-refractivity contribution >= 4 is 26.8 Å². The van der Waals surface area contributed by atoms with Gasteiger partial charge in [0.2, 0.25) is 21.5 Å². The maximum absolute atomic E-state index is 12.5. The molecule has 0 aliphatic rings. The number of nitrogens with one attached hydrogen (secondary N) is 2. The Morgan fingerprint density at radius 3 is 2.55 bits per heavy atom. The van der Waals surface area contributed by atoms with Gasteiger partial charge >= 0.3 is 0 Å². The molecular weight excluding hydrogens is 390 g/mol. The van der Waals surface area contributed by atoms with Gasteiger partial charge in [-0.05, 0) is 42.1 Å². The van der Waals surface area contributed by atoms with Gasteiger partial charge in [-0.15, -0.1) is 0 Å². The van der Waals surface area contributed by atoms with Gasteiger partial charge in [-0.1, -0.05) is 30.3 Å². The van der Waals surface area contributed by atoms with Crippen molar-refractivity contribution in [3.63, 3.8) is 0 Å². The summed E-state index contributed by atoms with van der Waals surface area (Å²) in [5.74, 6) is -0.116. The highest BCUT2D eigenvalue weighted by Crippen LogP contribution is 2.16. The molecule has 0 aliphatic carbocycles. The van der Waals surface area contributed by atoms with Gasteiger partial charge in [0.05, 0.1) is 4.90 Å². The average molecular weight is 413 g/mol. The largest absolute Gasteiger partial charge is 0.339 e. The number of aromatic nitrogens is 1. The number of fused-ring (bicyclic) bond motifs is 1. The zero-order valence-electron chi connectivity index (χ0n) is 16.1. The van der Waals surface area contributed by atoms with E-state index in [4.69, 9.17) is 0 Å². The van der Waals surface area contributed by atoms with Gasteiger partial charge in [-0.2, -0.15) is 0 Å². The second-order valence-electron chi connectivity index (χ2n) is 6.61. The third-order valence-corrected chi connectivity index (χ3v) is 6.05. The van der Waals surface area contributed by atoms with Crippen LogP contribution in [0.2, 0.25) is 0 Å². The standard InChI is InChI=1S/C21H23N3O4S/c1-2-24(15-16-6-4-3-5-7-16)21(26)12-13-22-29(27,28)18-9-10-19-17(14-18)8-11-20(25)23-19/h3-11,14,22H,2,12-13,15H2,1H3,(H,23,25). The van der Waals surface area contributed by atoms with E-state index in [1.807, 2.05) is 37.3 Å². The number of benzene rings is 2. The summed E-state index contributed by atoms with van der Waals surface area (Å²) in [6, 6.07) is 17.0. The lowest BCUT2D eigenvalue weighted by molar-refractivity contribution is -0.131. The van der Waals surface area contributed by atoms with Gasteiger partial charge < -0.3 is 9.88 Å². The summed E-state index contributed by atoms with van der Waals surface area (Å²) in [7, 11) is -3.76. The molecule has 29 heavy (non-hydrogen) atoms. The summed E-state index contributed by atoms with van der Waals surface area (Å²) in [6.07, 6.45) is 0.0702. The van der Waals surface area contributed by atoms with Crippen LogP contribution in [0.3, 0.4) is 0 Å². The predicted octanol–water partition coefficient (Wildman–Crippen LogP) is 2.25. The molecule has 0 saturated heterocycles. The third-order valence-electron chi connectivity index (χ3n) is 4.59. The van der Waals surface area contributed by atoms with E-state index < -0.39 is 10.0 Å². The van der Waals surface area contributed by atoms with E-state index in [2.05, 4.69) is 9.71 Å². The molecule has 0 saturated carbocycles. The summed E-state index contributed by atoms with van der Waals surface area (Å²) in [5, 5.41) is 0.614. The van der Waals surface area contributed by atoms with Gasteiger partial charge in [-0.25, -0.2) is 13.1 Å². The van der Waals surface area contributed by atoms with E-state index in [0.717, 1.165) is 5.56 Å². The molecule has 1 heterocycles. The van der Waals surface area contributed by atoms with Gasteiger partial charge in [0.1, 0.15) is 0 Å². The maximum atomic E-state index is 12.5. The lowest BCUT2D eigenvalue weighted by atomic mass is 10.2. The van der Waals surface area contributed by atoms with Crippen molar-refractivity contribution in [2.75, 3.05) is 13.1 Å². The summed E-state index contributed by atoms with van der Waals surface area (Å²) in [4.78, 5) is 28.2. The lowest BCUT2D eigenvalue weighted by Crippen LogP contribution is -2.34. The number of pyridine rings is 1. The van der Waals surface area contributed by atoms with E-state index in [1.54, 1.807) is 17.0 Å². The smallest absolute Gasteiger partial charge is 0.248 e. The average Bonchev–Trinajstić information content (AvgIpc) is 2.72. The highest BCUT2D eigenvalue weighted by molar-refractivity contribution is 7.89. The highest BCUT2D eigenvalue weighted by Gasteiger charge is 2.17. The monoisotopic (exact) mass is 413 g/mol. The van der Waals surface area contributed by atoms with Crippen molar-refractivity contribution in [2.45, 2.75) is 24.8 Å². The first-order chi connectivity index (χ1) is 13.9. The van der Waals surface area contributed by atoms with Crippen LogP contribution in [-0.4, -0.2) is 37.3 Å². The number of nitrogens with zero attached hydrogens (tertiary/aromatic N) is 1. The number of carbonyl (C=O) groups excluding carboxylic acids is 1. The van der Waals surface area contributed by atoms with Crippen molar-refractivity contribution in [1.82, 2.24) is 14.6 Å². The molecule has 2 aromatic carbocycles. The van der Waals surface area contributed by atoms with Gasteiger partial charge in [0.15, 0.2) is 0 Å². The Bertz CT molecular complexity index is 1160. The Labute approximate surface area is 169 Å². The van der Waals surface area contributed by atoms with Crippen LogP contribution in [0.25, 0.3) is 10.9 Å². The van der Waals surface area contributed by atoms with E-state index in [-0.39, 0.29) is 29.3 Å². The summed E-state index contributed by atoms with van der Waals surface area (Å²) >= 11 is 0. The van der Waals surface area contributed by atoms with E-state index in [0.29, 0.717) is 24.0 Å². The highest BCUT2D eigenvalue weighted by atomic mass is 32.2. The van der Waals surface area contributed by atoms with Crippen LogP contribution in [0.15, 0.2) is 70.4 Å². The molecule has 0 bridgehead atoms. The molecule has 8 heteroatoms. The van der Waals surface area contributed by atoms with Crippen LogP contribution >= 0.6 is 0 Å². The number of hydrogen-bond acceptors (Lipinski definition) is 4. The molecule has 1 amide bonds. The molecule has 0 atom stereocenters. The van der Waals surface area contributed by atoms with Crippen LogP contribution in [0.4, 0.5) is 0 Å². The van der Waals surface area contributed by atoms with Gasteiger partial charge in [0.25, 0.3) is 0 Å². The van der Waals surface area contributed by atoms with Crippen molar-refractivity contribution in [3.8, 4) is 0 Å². The summed E-state index contributed by atoms with van der Waals surface area (Å²) < 4.78 is 27.6. The Kier molecular flexibility index (Phi) is 6.46. The maximum Gasteiger partial charge on any atom is 0.248 e. The third kappa shape index (κ3) is 5.30. The van der Waals surface area contributed by atoms with Crippen LogP contribution in [-0.2, 0) is 21.4 Å². The first kappa shape index (κ1) is 20.8. The van der Waals surface area contributed by atoms with Crippen molar-refractivity contribution < 1.29 is 13.2 Å². The second kappa shape index (κ2) is 9.02. The fourth-order valence-electron chi connectivity index (χ4n) is 3.01. The topological polar surface area (TPSA) is 99.3 Å². The number of hydrogen-bond donors (Lipinski definition) is 2. The number of H-pyrrole nitrogens is 1. The minimum atomic E-state index is -3.76. The molecule has 3 aromatic rings. The first-order valence-corrected chi connectivity index (χ1v) is 10.8. The normalized spacial score (nSPS) is 11.5. The number of sulfonamides is 1. The van der Waals surface area contributed by atoms with Crippen LogP contribution in [0, 0.1) is 0 Å². The van der Waals surface area contributed by atoms with Crippen LogP contribution in [0.5, 0.6) is 0 Å². The fourth-order valence-corrected chi connectivity index (χ4v) is 4.08. The molecule has 2 N–H and O–H groups in total. The lowest BCUT2D eigenvalue weighted by Gasteiger charge is -2.21. The molecule has 0 unspecified atom stereocenters. The Morgan fingerprint density at radius 2 is 1.83 bits per heavy atom. The van der Waals surface area contributed by atoms with Crippen molar-refractivity contribution in [3.05, 3.63) is 76.6 Å². The van der Waals surface area contributed by atoms with E-state index in [9.17, 15) is 18.0 Å². The summed E-state index contributed by atoms with van der Waals surface area (Å²) in [5.41, 5.74) is 1.34. The number of rotatable bonds is 8. The van der Waals surface area contributed by atoms with Gasteiger partial charge in [-0.3, -0.25) is 9.59 Å². The van der Waals surface area contributed by atoms with Gasteiger partial charge in [0, 0.05) is 37.6 Å². The van der Waals surface area contributed by atoms with Crippen molar-refractivity contribution in [2.24, 2.45) is 0 Å². The van der Waals surface area contributed by atoms with E-state index in [1.165, 1.54) is 18.2 Å². The van der Waals surface area contributed by atoms with E-state index >= 15 is 0 Å². The van der Waals surface area contributed by atoms with Crippen LogP contribution in [0.1, 0.15) is 18.9 Å². The fraction of sp³-hybridized carbons (Fsp3) is 0.238. The molecule has 0 radical (unpaired) electrons. The number of aromatic amines is 1. The molecule has 1 aromatic heterocycles. The van der Waals surface area contributed by atoms with Crippen LogP contribution < -0.4 is 10.3 Å². The molecule has 7 nitrogen and oxygen atoms in total. The Hall–Kier alpha value is -2.97. The molecule has 3 rings (SSSR count). The Balaban J connectivity index is 1.61. The first-order valence-electron chi connectivity index (χ1n) is 9.33. The van der Waals surface area contributed by atoms with Crippen molar-refractivity contribution in [1.29, 1.82) is 0 Å². The minimum absolute atomic E-state index is 0.0100. The molecule has 0 spiro atoms. The SMILES string of the molecule is CCN(Cc1ccccc1)C(=O)CCNS(=O)(=O)c1ccc2[nH]c(=O)ccc2c1. The summed E-state index contributed by atoms with van der Waals surface area (Å²) in [6.45, 7) is 2.94. The number of carbonyl (C=O) groups is 1. The second-order valence-corrected chi connectivity index (χ2v) is 8.38. The molecular formula is C21H23N3O4S. The zero-order chi connectivity index (χ0) is 20.9. The Morgan fingerprint density at radius 1 is 1.07 bits per heavy atom. The number of amides is 1. The minimum Gasteiger partial charge on any atom is -0.339 e. The molecule has 0 fully saturated rings. The predicted molar refractivity (Wildman–Crippen MR) is 112 cm³/mol.